The van der Waals surface area contributed by atoms with Gasteiger partial charge in [0.25, 0.3) is 5.91 Å². The molecule has 25 heavy (non-hydrogen) atoms. The minimum atomic E-state index is -0.0629. The monoisotopic (exact) mass is 340 g/mol. The Morgan fingerprint density at radius 2 is 1.68 bits per heavy atom. The Labute approximate surface area is 150 Å². The molecule has 2 rings (SSSR count). The van der Waals surface area contributed by atoms with Crippen LogP contribution in [-0.2, 0) is 11.3 Å². The van der Waals surface area contributed by atoms with E-state index in [2.05, 4.69) is 10.2 Å². The molecule has 0 saturated carbocycles. The highest BCUT2D eigenvalue weighted by Gasteiger charge is 2.16. The van der Waals surface area contributed by atoms with E-state index in [0.717, 1.165) is 17.7 Å². The van der Waals surface area contributed by atoms with E-state index in [-0.39, 0.29) is 18.1 Å². The molecule has 0 fully saturated rings. The lowest BCUT2D eigenvalue weighted by Crippen LogP contribution is -2.35. The molecule has 2 aromatic carbocycles. The zero-order valence-corrected chi connectivity index (χ0v) is 15.5. The summed E-state index contributed by atoms with van der Waals surface area (Å²) in [6, 6.07) is 17.6. The molecule has 0 radical (unpaired) electrons. The Bertz CT molecular complexity index is 651. The quantitative estimate of drug-likeness (QED) is 0.798. The van der Waals surface area contributed by atoms with Gasteiger partial charge in [0.1, 0.15) is 0 Å². The van der Waals surface area contributed by atoms with Crippen molar-refractivity contribution in [2.75, 3.05) is 20.6 Å². The molecule has 0 aromatic heterocycles. The van der Waals surface area contributed by atoms with Gasteiger partial charge in [-0.05, 0) is 51.2 Å². The number of nitrogens with zero attached hydrogens (tertiary/aromatic N) is 1. The van der Waals surface area contributed by atoms with Crippen LogP contribution in [0.4, 0.5) is 0 Å². The minimum absolute atomic E-state index is 0.0485. The van der Waals surface area contributed by atoms with Gasteiger partial charge in [0.15, 0.2) is 0 Å². The van der Waals surface area contributed by atoms with Crippen molar-refractivity contribution in [2.24, 2.45) is 0 Å². The molecule has 0 aliphatic rings. The zero-order chi connectivity index (χ0) is 18.2. The SMILES string of the molecule is CC(C)OCc1ccc(C(=O)N[C@@H](CN(C)C)c2ccccc2)cc1. The van der Waals surface area contributed by atoms with Gasteiger partial charge >= 0.3 is 0 Å². The number of hydrogen-bond donors (Lipinski definition) is 1. The van der Waals surface area contributed by atoms with Crippen LogP contribution in [0.15, 0.2) is 54.6 Å². The molecule has 1 N–H and O–H groups in total. The summed E-state index contributed by atoms with van der Waals surface area (Å²) in [5.74, 6) is -0.0629. The van der Waals surface area contributed by atoms with Gasteiger partial charge in [0, 0.05) is 12.1 Å². The van der Waals surface area contributed by atoms with Crippen LogP contribution in [0.3, 0.4) is 0 Å². The Kier molecular flexibility index (Phi) is 7.16. The Morgan fingerprint density at radius 1 is 1.04 bits per heavy atom. The van der Waals surface area contributed by atoms with Crippen molar-refractivity contribution in [3.05, 3.63) is 71.3 Å². The standard InChI is InChI=1S/C21H28N2O2/c1-16(2)25-15-17-10-12-19(13-11-17)21(24)22-20(14-23(3)4)18-8-6-5-7-9-18/h5-13,16,20H,14-15H2,1-4H3,(H,22,24)/t20-/m0/s1. The Hall–Kier alpha value is -2.17. The summed E-state index contributed by atoms with van der Waals surface area (Å²) in [4.78, 5) is 14.7. The molecule has 0 unspecified atom stereocenters. The smallest absolute Gasteiger partial charge is 0.251 e. The van der Waals surface area contributed by atoms with E-state index < -0.39 is 0 Å². The summed E-state index contributed by atoms with van der Waals surface area (Å²) >= 11 is 0. The second-order valence-corrected chi connectivity index (χ2v) is 6.76. The molecule has 0 heterocycles. The zero-order valence-electron chi connectivity index (χ0n) is 15.5. The fourth-order valence-electron chi connectivity index (χ4n) is 2.54. The lowest BCUT2D eigenvalue weighted by Gasteiger charge is -2.23. The summed E-state index contributed by atoms with van der Waals surface area (Å²) in [5.41, 5.74) is 2.83. The van der Waals surface area contributed by atoms with E-state index in [1.807, 2.05) is 82.5 Å². The van der Waals surface area contributed by atoms with Crippen LogP contribution in [0.2, 0.25) is 0 Å². The predicted octanol–water partition coefficient (Wildman–Crippen LogP) is 3.64. The number of likely N-dealkylation sites (N-methyl/N-ethyl adjacent to an activating group) is 1. The number of benzene rings is 2. The predicted molar refractivity (Wildman–Crippen MR) is 102 cm³/mol. The molecule has 0 saturated heterocycles. The summed E-state index contributed by atoms with van der Waals surface area (Å²) in [5, 5.41) is 3.14. The molecule has 4 nitrogen and oxygen atoms in total. The van der Waals surface area contributed by atoms with Crippen molar-refractivity contribution < 1.29 is 9.53 Å². The Morgan fingerprint density at radius 3 is 2.24 bits per heavy atom. The molecule has 134 valence electrons. The average molecular weight is 340 g/mol. The summed E-state index contributed by atoms with van der Waals surface area (Å²) < 4.78 is 5.59. The molecule has 1 atom stereocenters. The maximum atomic E-state index is 12.6. The van der Waals surface area contributed by atoms with Crippen molar-refractivity contribution in [1.29, 1.82) is 0 Å². The number of nitrogens with one attached hydrogen (secondary N) is 1. The van der Waals surface area contributed by atoms with Crippen LogP contribution in [0.25, 0.3) is 0 Å². The van der Waals surface area contributed by atoms with Crippen molar-refractivity contribution in [3.8, 4) is 0 Å². The van der Waals surface area contributed by atoms with Crippen LogP contribution in [0, 0.1) is 0 Å². The molecule has 0 spiro atoms. The normalized spacial score (nSPS) is 12.4. The number of rotatable bonds is 8. The number of hydrogen-bond acceptors (Lipinski definition) is 3. The lowest BCUT2D eigenvalue weighted by atomic mass is 10.1. The Balaban J connectivity index is 2.05. The van der Waals surface area contributed by atoms with E-state index in [4.69, 9.17) is 4.74 Å². The first-order valence-electron chi connectivity index (χ1n) is 8.67. The first-order chi connectivity index (χ1) is 12.0. The topological polar surface area (TPSA) is 41.6 Å². The number of amides is 1. The number of ether oxygens (including phenoxy) is 1. The third-order valence-electron chi connectivity index (χ3n) is 3.85. The fourth-order valence-corrected chi connectivity index (χ4v) is 2.54. The highest BCUT2D eigenvalue weighted by Crippen LogP contribution is 2.15. The minimum Gasteiger partial charge on any atom is -0.374 e. The molecule has 4 heteroatoms. The van der Waals surface area contributed by atoms with Crippen LogP contribution in [-0.4, -0.2) is 37.6 Å². The van der Waals surface area contributed by atoms with Crippen LogP contribution < -0.4 is 5.32 Å². The second-order valence-electron chi connectivity index (χ2n) is 6.76. The largest absolute Gasteiger partial charge is 0.374 e. The summed E-state index contributed by atoms with van der Waals surface area (Å²) in [6.45, 7) is 5.33. The van der Waals surface area contributed by atoms with Crippen LogP contribution >= 0.6 is 0 Å². The summed E-state index contributed by atoms with van der Waals surface area (Å²) in [6.07, 6.45) is 0.195. The lowest BCUT2D eigenvalue weighted by molar-refractivity contribution is 0.0656. The first-order valence-corrected chi connectivity index (χ1v) is 8.67. The van der Waals surface area contributed by atoms with Gasteiger partial charge in [-0.15, -0.1) is 0 Å². The number of carbonyl (C=O) groups is 1. The van der Waals surface area contributed by atoms with Gasteiger partial charge < -0.3 is 15.0 Å². The maximum Gasteiger partial charge on any atom is 0.251 e. The average Bonchev–Trinajstić information content (AvgIpc) is 2.60. The van der Waals surface area contributed by atoms with Gasteiger partial charge in [-0.25, -0.2) is 0 Å². The van der Waals surface area contributed by atoms with Gasteiger partial charge in [0.05, 0.1) is 18.8 Å². The highest BCUT2D eigenvalue weighted by atomic mass is 16.5. The van der Waals surface area contributed by atoms with E-state index in [0.29, 0.717) is 12.2 Å². The van der Waals surface area contributed by atoms with Gasteiger partial charge in [-0.2, -0.15) is 0 Å². The van der Waals surface area contributed by atoms with E-state index in [9.17, 15) is 4.79 Å². The van der Waals surface area contributed by atoms with E-state index in [1.165, 1.54) is 0 Å². The van der Waals surface area contributed by atoms with Crippen molar-refractivity contribution in [3.63, 3.8) is 0 Å². The number of carbonyl (C=O) groups excluding carboxylic acids is 1. The van der Waals surface area contributed by atoms with Crippen molar-refractivity contribution in [1.82, 2.24) is 10.2 Å². The van der Waals surface area contributed by atoms with Crippen LogP contribution in [0.1, 0.15) is 41.4 Å². The van der Waals surface area contributed by atoms with Crippen LogP contribution in [0.5, 0.6) is 0 Å². The molecule has 1 amide bonds. The molecule has 0 bridgehead atoms. The molecule has 0 aliphatic carbocycles. The third-order valence-corrected chi connectivity index (χ3v) is 3.85. The fraction of sp³-hybridized carbons (Fsp3) is 0.381. The highest BCUT2D eigenvalue weighted by molar-refractivity contribution is 5.94. The van der Waals surface area contributed by atoms with Crippen molar-refractivity contribution in [2.45, 2.75) is 32.6 Å². The van der Waals surface area contributed by atoms with Gasteiger partial charge in [-0.3, -0.25) is 4.79 Å². The maximum absolute atomic E-state index is 12.6. The first kappa shape index (κ1) is 19.2. The van der Waals surface area contributed by atoms with E-state index >= 15 is 0 Å². The molecular formula is C21H28N2O2. The van der Waals surface area contributed by atoms with Gasteiger partial charge in [0.2, 0.25) is 0 Å². The third kappa shape index (κ3) is 6.33. The molecule has 2 aromatic rings. The molecular weight excluding hydrogens is 312 g/mol. The molecule has 0 aliphatic heterocycles. The van der Waals surface area contributed by atoms with E-state index in [1.54, 1.807) is 0 Å². The van der Waals surface area contributed by atoms with Gasteiger partial charge in [-0.1, -0.05) is 42.5 Å². The van der Waals surface area contributed by atoms with Crippen molar-refractivity contribution >= 4 is 5.91 Å². The second kappa shape index (κ2) is 9.35. The summed E-state index contributed by atoms with van der Waals surface area (Å²) in [7, 11) is 4.01.